The summed E-state index contributed by atoms with van der Waals surface area (Å²) in [6.45, 7) is 0.0453. The van der Waals surface area contributed by atoms with Crippen molar-refractivity contribution < 1.29 is 18.3 Å². The largest absolute Gasteiger partial charge is 0.388 e. The van der Waals surface area contributed by atoms with Gasteiger partial charge < -0.3 is 10.8 Å². The van der Waals surface area contributed by atoms with E-state index in [-0.39, 0.29) is 12.1 Å². The van der Waals surface area contributed by atoms with Crippen LogP contribution in [-0.2, 0) is 0 Å². The van der Waals surface area contributed by atoms with E-state index >= 15 is 0 Å². The zero-order valence-electron chi connectivity index (χ0n) is 10.6. The highest BCUT2D eigenvalue weighted by atomic mass is 19.2. The number of rotatable bonds is 4. The fourth-order valence-electron chi connectivity index (χ4n) is 2.11. The monoisotopic (exact) mass is 281 g/mol. The van der Waals surface area contributed by atoms with Crippen LogP contribution in [0.3, 0.4) is 0 Å². The van der Waals surface area contributed by atoms with Crippen LogP contribution in [-0.4, -0.2) is 11.7 Å². The van der Waals surface area contributed by atoms with E-state index in [2.05, 4.69) is 0 Å². The minimum Gasteiger partial charge on any atom is -0.388 e. The van der Waals surface area contributed by atoms with Crippen molar-refractivity contribution in [2.24, 2.45) is 5.73 Å². The molecule has 2 atom stereocenters. The molecule has 3 N–H and O–H groups in total. The molecule has 2 nitrogen and oxygen atoms in total. The standard InChI is InChI=1S/C15H14F3NO/c16-11-3-1-2-9(6-11)12(8-19)15(20)10-4-5-13(17)14(18)7-10/h1-7,12,15,20H,8,19H2. The number of hydrogen-bond acceptors (Lipinski definition) is 2. The molecule has 106 valence electrons. The van der Waals surface area contributed by atoms with E-state index in [0.717, 1.165) is 12.1 Å². The topological polar surface area (TPSA) is 46.2 Å². The molecule has 5 heteroatoms. The molecule has 0 heterocycles. The van der Waals surface area contributed by atoms with Crippen molar-refractivity contribution >= 4 is 0 Å². The molecule has 0 aliphatic carbocycles. The average Bonchev–Trinajstić information content (AvgIpc) is 2.42. The first kappa shape index (κ1) is 14.6. The molecule has 0 saturated carbocycles. The second kappa shape index (κ2) is 6.07. The lowest BCUT2D eigenvalue weighted by atomic mass is 9.89. The highest BCUT2D eigenvalue weighted by Crippen LogP contribution is 2.31. The Bertz CT molecular complexity index is 603. The van der Waals surface area contributed by atoms with Gasteiger partial charge in [-0.1, -0.05) is 18.2 Å². The van der Waals surface area contributed by atoms with Crippen LogP contribution in [0.1, 0.15) is 23.1 Å². The first-order valence-corrected chi connectivity index (χ1v) is 6.11. The van der Waals surface area contributed by atoms with Gasteiger partial charge in [0.1, 0.15) is 5.82 Å². The lowest BCUT2D eigenvalue weighted by Crippen LogP contribution is -2.20. The van der Waals surface area contributed by atoms with Crippen LogP contribution in [0.4, 0.5) is 13.2 Å². The number of halogens is 3. The van der Waals surface area contributed by atoms with Crippen LogP contribution in [0.2, 0.25) is 0 Å². The molecule has 0 spiro atoms. The van der Waals surface area contributed by atoms with Gasteiger partial charge in [0, 0.05) is 12.5 Å². The Morgan fingerprint density at radius 3 is 2.30 bits per heavy atom. The zero-order chi connectivity index (χ0) is 14.7. The minimum absolute atomic E-state index is 0.0453. The normalized spacial score (nSPS) is 14.1. The maximum atomic E-state index is 13.2. The average molecular weight is 281 g/mol. The van der Waals surface area contributed by atoms with Gasteiger partial charge >= 0.3 is 0 Å². The third-order valence-corrected chi connectivity index (χ3v) is 3.20. The van der Waals surface area contributed by atoms with Crippen molar-refractivity contribution in [3.63, 3.8) is 0 Å². The Hall–Kier alpha value is -1.85. The van der Waals surface area contributed by atoms with Crippen molar-refractivity contribution in [3.05, 3.63) is 71.0 Å². The van der Waals surface area contributed by atoms with Gasteiger partial charge in [0.25, 0.3) is 0 Å². The molecule has 2 aromatic rings. The molecule has 20 heavy (non-hydrogen) atoms. The maximum Gasteiger partial charge on any atom is 0.159 e. The summed E-state index contributed by atoms with van der Waals surface area (Å²) in [5.41, 5.74) is 6.31. The van der Waals surface area contributed by atoms with Gasteiger partial charge in [-0.3, -0.25) is 0 Å². The van der Waals surface area contributed by atoms with Crippen LogP contribution in [0.15, 0.2) is 42.5 Å². The van der Waals surface area contributed by atoms with Crippen LogP contribution in [0, 0.1) is 17.5 Å². The van der Waals surface area contributed by atoms with Gasteiger partial charge in [-0.2, -0.15) is 0 Å². The fraction of sp³-hybridized carbons (Fsp3) is 0.200. The molecule has 0 aromatic heterocycles. The van der Waals surface area contributed by atoms with Crippen LogP contribution < -0.4 is 5.73 Å². The second-order valence-corrected chi connectivity index (χ2v) is 4.52. The van der Waals surface area contributed by atoms with Crippen molar-refractivity contribution in [1.82, 2.24) is 0 Å². The first-order valence-electron chi connectivity index (χ1n) is 6.11. The molecule has 2 rings (SSSR count). The summed E-state index contributed by atoms with van der Waals surface area (Å²) in [6, 6.07) is 8.82. The Morgan fingerprint density at radius 2 is 1.70 bits per heavy atom. The number of aliphatic hydroxyl groups excluding tert-OH is 1. The number of benzene rings is 2. The van der Waals surface area contributed by atoms with Gasteiger partial charge in [-0.15, -0.1) is 0 Å². The molecular formula is C15H14F3NO. The molecule has 0 bridgehead atoms. The molecule has 0 saturated heterocycles. The third-order valence-electron chi connectivity index (χ3n) is 3.20. The highest BCUT2D eigenvalue weighted by molar-refractivity contribution is 5.28. The van der Waals surface area contributed by atoms with Gasteiger partial charge in [0.2, 0.25) is 0 Å². The van der Waals surface area contributed by atoms with E-state index in [4.69, 9.17) is 5.73 Å². The smallest absolute Gasteiger partial charge is 0.159 e. The first-order chi connectivity index (χ1) is 9.52. The Labute approximate surface area is 114 Å². The lowest BCUT2D eigenvalue weighted by molar-refractivity contribution is 0.146. The molecule has 2 aromatic carbocycles. The van der Waals surface area contributed by atoms with E-state index in [1.807, 2.05) is 0 Å². The molecule has 2 unspecified atom stereocenters. The summed E-state index contributed by atoms with van der Waals surface area (Å²) in [5.74, 6) is -3.08. The third kappa shape index (κ3) is 3.00. The van der Waals surface area contributed by atoms with E-state index < -0.39 is 29.5 Å². The Morgan fingerprint density at radius 1 is 0.950 bits per heavy atom. The van der Waals surface area contributed by atoms with E-state index in [1.54, 1.807) is 6.07 Å². The number of aliphatic hydroxyl groups is 1. The fourth-order valence-corrected chi connectivity index (χ4v) is 2.11. The van der Waals surface area contributed by atoms with Crippen LogP contribution >= 0.6 is 0 Å². The maximum absolute atomic E-state index is 13.2. The number of hydrogen-bond donors (Lipinski definition) is 2. The van der Waals surface area contributed by atoms with E-state index in [1.165, 1.54) is 24.3 Å². The second-order valence-electron chi connectivity index (χ2n) is 4.52. The van der Waals surface area contributed by atoms with Crippen molar-refractivity contribution in [2.75, 3.05) is 6.54 Å². The molecule has 0 amide bonds. The predicted octanol–water partition coefficient (Wildman–Crippen LogP) is 2.88. The van der Waals surface area contributed by atoms with Gasteiger partial charge in [0.05, 0.1) is 6.10 Å². The summed E-state index contributed by atoms with van der Waals surface area (Å²) in [6.07, 6.45) is -1.14. The molecule has 0 aliphatic rings. The molecule has 0 fully saturated rings. The van der Waals surface area contributed by atoms with Gasteiger partial charge in [-0.25, -0.2) is 13.2 Å². The van der Waals surface area contributed by atoms with Crippen LogP contribution in [0.5, 0.6) is 0 Å². The summed E-state index contributed by atoms with van der Waals surface area (Å²) >= 11 is 0. The van der Waals surface area contributed by atoms with Crippen molar-refractivity contribution in [2.45, 2.75) is 12.0 Å². The lowest BCUT2D eigenvalue weighted by Gasteiger charge is -2.22. The number of nitrogens with two attached hydrogens (primary N) is 1. The van der Waals surface area contributed by atoms with Gasteiger partial charge in [-0.05, 0) is 35.4 Å². The SMILES string of the molecule is NCC(c1cccc(F)c1)C(O)c1ccc(F)c(F)c1. The molecule has 0 radical (unpaired) electrons. The quantitative estimate of drug-likeness (QED) is 0.905. The predicted molar refractivity (Wildman–Crippen MR) is 69.5 cm³/mol. The summed E-state index contributed by atoms with van der Waals surface area (Å²) in [7, 11) is 0. The van der Waals surface area contributed by atoms with Crippen LogP contribution in [0.25, 0.3) is 0 Å². The van der Waals surface area contributed by atoms with E-state index in [0.29, 0.717) is 5.56 Å². The van der Waals surface area contributed by atoms with Crippen molar-refractivity contribution in [3.8, 4) is 0 Å². The summed E-state index contributed by atoms with van der Waals surface area (Å²) < 4.78 is 39.3. The van der Waals surface area contributed by atoms with Gasteiger partial charge in [0.15, 0.2) is 11.6 Å². The molecular weight excluding hydrogens is 267 g/mol. The summed E-state index contributed by atoms with van der Waals surface area (Å²) in [5, 5.41) is 10.2. The van der Waals surface area contributed by atoms with E-state index in [9.17, 15) is 18.3 Å². The van der Waals surface area contributed by atoms with Crippen molar-refractivity contribution in [1.29, 1.82) is 0 Å². The zero-order valence-corrected chi connectivity index (χ0v) is 10.6. The minimum atomic E-state index is -1.14. The Kier molecular flexibility index (Phi) is 4.42. The summed E-state index contributed by atoms with van der Waals surface area (Å²) in [4.78, 5) is 0. The highest BCUT2D eigenvalue weighted by Gasteiger charge is 2.22. The Balaban J connectivity index is 2.33. The molecule has 0 aliphatic heterocycles.